The molecule has 0 spiro atoms. The van der Waals surface area contributed by atoms with Gasteiger partial charge < -0.3 is 14.8 Å². The number of hydrogen-bond acceptors (Lipinski definition) is 3. The van der Waals surface area contributed by atoms with Crippen LogP contribution in [-0.2, 0) is 16.1 Å². The number of nitrogens with one attached hydrogen (secondary N) is 1. The van der Waals surface area contributed by atoms with E-state index in [0.29, 0.717) is 25.9 Å². The highest BCUT2D eigenvalue weighted by Crippen LogP contribution is 2.10. The summed E-state index contributed by atoms with van der Waals surface area (Å²) in [6.45, 7) is 6.63. The molecule has 1 aromatic heterocycles. The third kappa shape index (κ3) is 4.31. The normalized spacial score (nSPS) is 15.3. The minimum absolute atomic E-state index is 0.00265. The molecule has 1 N–H and O–H groups in total. The molecule has 0 saturated carbocycles. The van der Waals surface area contributed by atoms with Gasteiger partial charge in [-0.3, -0.25) is 9.59 Å². The minimum Gasteiger partial charge on any atom is -0.354 e. The van der Waals surface area contributed by atoms with E-state index in [1.54, 1.807) is 11.2 Å². The Hall–Kier alpha value is -1.85. The molecule has 6 heteroatoms. The molecule has 1 fully saturated rings. The zero-order valence-corrected chi connectivity index (χ0v) is 12.9. The van der Waals surface area contributed by atoms with Gasteiger partial charge in [0.05, 0.1) is 12.0 Å². The van der Waals surface area contributed by atoms with E-state index < -0.39 is 0 Å². The summed E-state index contributed by atoms with van der Waals surface area (Å²) in [7, 11) is 0. The lowest BCUT2D eigenvalue weighted by Crippen LogP contribution is -2.38. The largest absolute Gasteiger partial charge is 0.354 e. The average Bonchev–Trinajstić information content (AvgIpc) is 2.78. The summed E-state index contributed by atoms with van der Waals surface area (Å²) >= 11 is 0. The van der Waals surface area contributed by atoms with Crippen LogP contribution in [0.25, 0.3) is 0 Å². The van der Waals surface area contributed by atoms with Crippen molar-refractivity contribution in [3.63, 3.8) is 0 Å². The molecule has 116 valence electrons. The van der Waals surface area contributed by atoms with Crippen LogP contribution < -0.4 is 5.32 Å². The quantitative estimate of drug-likeness (QED) is 0.851. The summed E-state index contributed by atoms with van der Waals surface area (Å²) in [5.41, 5.74) is 2.15. The van der Waals surface area contributed by atoms with Gasteiger partial charge >= 0.3 is 0 Å². The van der Waals surface area contributed by atoms with E-state index in [1.807, 2.05) is 18.4 Å². The highest BCUT2D eigenvalue weighted by atomic mass is 16.2. The van der Waals surface area contributed by atoms with Crippen molar-refractivity contribution in [2.24, 2.45) is 0 Å². The second-order valence-electron chi connectivity index (χ2n) is 5.55. The lowest BCUT2D eigenvalue weighted by molar-refractivity contribution is -0.133. The van der Waals surface area contributed by atoms with Crippen molar-refractivity contribution in [1.29, 1.82) is 0 Å². The van der Waals surface area contributed by atoms with Gasteiger partial charge in [-0.05, 0) is 26.7 Å². The van der Waals surface area contributed by atoms with Crippen molar-refractivity contribution in [2.45, 2.75) is 46.1 Å². The van der Waals surface area contributed by atoms with Gasteiger partial charge in [-0.2, -0.15) is 0 Å². The number of imidazole rings is 1. The summed E-state index contributed by atoms with van der Waals surface area (Å²) in [4.78, 5) is 29.5. The van der Waals surface area contributed by atoms with Gasteiger partial charge in [0.2, 0.25) is 11.8 Å². The molecule has 1 saturated heterocycles. The molecule has 2 heterocycles. The molecule has 6 nitrogen and oxygen atoms in total. The Morgan fingerprint density at radius 1 is 1.33 bits per heavy atom. The molecular formula is C15H24N4O2. The third-order valence-electron chi connectivity index (χ3n) is 4.05. The number of aryl methyl sites for hydroxylation is 1. The van der Waals surface area contributed by atoms with Crippen molar-refractivity contribution in [3.05, 3.63) is 17.7 Å². The number of carbonyl (C=O) groups is 2. The maximum atomic E-state index is 11.8. The van der Waals surface area contributed by atoms with Gasteiger partial charge in [-0.15, -0.1) is 0 Å². The average molecular weight is 292 g/mol. The lowest BCUT2D eigenvalue weighted by Gasteiger charge is -2.26. The Kier molecular flexibility index (Phi) is 5.36. The number of piperidine rings is 1. The first-order chi connectivity index (χ1) is 10.1. The van der Waals surface area contributed by atoms with E-state index >= 15 is 0 Å². The second kappa shape index (κ2) is 7.24. The van der Waals surface area contributed by atoms with Gasteiger partial charge in [0.1, 0.15) is 0 Å². The SMILES string of the molecule is Cc1ncn(CCNC(=O)CCN2CCCCC2=O)c1C. The summed E-state index contributed by atoms with van der Waals surface area (Å²) < 4.78 is 2.03. The van der Waals surface area contributed by atoms with Crippen LogP contribution in [-0.4, -0.2) is 45.9 Å². The van der Waals surface area contributed by atoms with E-state index in [9.17, 15) is 9.59 Å². The molecule has 2 rings (SSSR count). The van der Waals surface area contributed by atoms with Crippen LogP contribution in [0.5, 0.6) is 0 Å². The molecule has 1 aliphatic heterocycles. The van der Waals surface area contributed by atoms with Crippen LogP contribution in [0, 0.1) is 13.8 Å². The van der Waals surface area contributed by atoms with Crippen molar-refractivity contribution in [1.82, 2.24) is 19.8 Å². The van der Waals surface area contributed by atoms with Gasteiger partial charge in [0.15, 0.2) is 0 Å². The van der Waals surface area contributed by atoms with Crippen molar-refractivity contribution in [2.75, 3.05) is 19.6 Å². The van der Waals surface area contributed by atoms with E-state index in [4.69, 9.17) is 0 Å². The van der Waals surface area contributed by atoms with Crippen LogP contribution in [0.1, 0.15) is 37.1 Å². The monoisotopic (exact) mass is 292 g/mol. The van der Waals surface area contributed by atoms with Crippen LogP contribution in [0.2, 0.25) is 0 Å². The van der Waals surface area contributed by atoms with Gasteiger partial charge in [-0.25, -0.2) is 4.98 Å². The number of nitrogens with zero attached hydrogens (tertiary/aromatic N) is 3. The number of likely N-dealkylation sites (tertiary alicyclic amines) is 1. The molecule has 0 bridgehead atoms. The predicted molar refractivity (Wildman–Crippen MR) is 79.8 cm³/mol. The highest BCUT2D eigenvalue weighted by molar-refractivity contribution is 5.79. The molecule has 2 amide bonds. The molecule has 1 aliphatic rings. The molecule has 0 aromatic carbocycles. The van der Waals surface area contributed by atoms with E-state index in [0.717, 1.165) is 37.3 Å². The number of hydrogen-bond donors (Lipinski definition) is 1. The van der Waals surface area contributed by atoms with Gasteiger partial charge in [0, 0.05) is 44.7 Å². The number of amides is 2. The maximum absolute atomic E-state index is 11.8. The van der Waals surface area contributed by atoms with Gasteiger partial charge in [-0.1, -0.05) is 0 Å². The van der Waals surface area contributed by atoms with Crippen LogP contribution >= 0.6 is 0 Å². The minimum atomic E-state index is 0.00265. The standard InChI is InChI=1S/C15H24N4O2/c1-12-13(2)19(11-17-12)10-7-16-14(20)6-9-18-8-4-3-5-15(18)21/h11H,3-10H2,1-2H3,(H,16,20). The molecular weight excluding hydrogens is 268 g/mol. The summed E-state index contributed by atoms with van der Waals surface area (Å²) in [5.74, 6) is 0.182. The highest BCUT2D eigenvalue weighted by Gasteiger charge is 2.18. The van der Waals surface area contributed by atoms with Gasteiger partial charge in [0.25, 0.3) is 0 Å². The van der Waals surface area contributed by atoms with Crippen molar-refractivity contribution in [3.8, 4) is 0 Å². The van der Waals surface area contributed by atoms with E-state index in [2.05, 4.69) is 10.3 Å². The third-order valence-corrected chi connectivity index (χ3v) is 4.05. The molecule has 0 aliphatic carbocycles. The van der Waals surface area contributed by atoms with Crippen LogP contribution in [0.3, 0.4) is 0 Å². The fraction of sp³-hybridized carbons (Fsp3) is 0.667. The van der Waals surface area contributed by atoms with Crippen molar-refractivity contribution >= 4 is 11.8 Å². The zero-order valence-electron chi connectivity index (χ0n) is 12.9. The van der Waals surface area contributed by atoms with Crippen LogP contribution in [0.15, 0.2) is 6.33 Å². The van der Waals surface area contributed by atoms with E-state index in [1.165, 1.54) is 0 Å². The Bertz CT molecular complexity index is 510. The number of carbonyl (C=O) groups excluding carboxylic acids is 2. The lowest BCUT2D eigenvalue weighted by atomic mass is 10.1. The summed E-state index contributed by atoms with van der Waals surface area (Å²) in [6, 6.07) is 0. The Labute approximate surface area is 125 Å². The van der Waals surface area contributed by atoms with Crippen molar-refractivity contribution < 1.29 is 9.59 Å². The second-order valence-corrected chi connectivity index (χ2v) is 5.55. The Morgan fingerprint density at radius 3 is 2.81 bits per heavy atom. The predicted octanol–water partition coefficient (Wildman–Crippen LogP) is 1.02. The van der Waals surface area contributed by atoms with Crippen LogP contribution in [0.4, 0.5) is 0 Å². The molecule has 21 heavy (non-hydrogen) atoms. The number of rotatable bonds is 6. The fourth-order valence-electron chi connectivity index (χ4n) is 2.51. The molecule has 1 aromatic rings. The number of aromatic nitrogens is 2. The smallest absolute Gasteiger partial charge is 0.222 e. The van der Waals surface area contributed by atoms with E-state index in [-0.39, 0.29) is 11.8 Å². The Balaban J connectivity index is 1.65. The first-order valence-corrected chi connectivity index (χ1v) is 7.60. The molecule has 0 radical (unpaired) electrons. The molecule has 0 atom stereocenters. The first-order valence-electron chi connectivity index (χ1n) is 7.60. The summed E-state index contributed by atoms with van der Waals surface area (Å²) in [6.07, 6.45) is 4.83. The summed E-state index contributed by atoms with van der Waals surface area (Å²) in [5, 5.41) is 2.90. The fourth-order valence-corrected chi connectivity index (χ4v) is 2.51. The molecule has 0 unspecified atom stereocenters. The topological polar surface area (TPSA) is 67.2 Å². The maximum Gasteiger partial charge on any atom is 0.222 e. The Morgan fingerprint density at radius 2 is 2.14 bits per heavy atom. The first kappa shape index (κ1) is 15.5. The zero-order chi connectivity index (χ0) is 15.2.